The average molecular weight is 272 g/mol. The monoisotopic (exact) mass is 272 g/mol. The van der Waals surface area contributed by atoms with Gasteiger partial charge < -0.3 is 9.64 Å². The van der Waals surface area contributed by atoms with Gasteiger partial charge in [0.25, 0.3) is 0 Å². The summed E-state index contributed by atoms with van der Waals surface area (Å²) in [5, 5.41) is 0. The van der Waals surface area contributed by atoms with Crippen LogP contribution in [0.2, 0.25) is 0 Å². The van der Waals surface area contributed by atoms with Crippen molar-refractivity contribution < 1.29 is 4.74 Å². The Kier molecular flexibility index (Phi) is 3.31. The Morgan fingerprint density at radius 2 is 1.95 bits per heavy atom. The first-order valence-electron chi connectivity index (χ1n) is 8.14. The van der Waals surface area contributed by atoms with Crippen molar-refractivity contribution in [3.8, 4) is 5.75 Å². The first-order valence-corrected chi connectivity index (χ1v) is 8.14. The molecule has 3 nitrogen and oxygen atoms in total. The van der Waals surface area contributed by atoms with Crippen LogP contribution in [-0.4, -0.2) is 43.2 Å². The summed E-state index contributed by atoms with van der Waals surface area (Å²) >= 11 is 0. The summed E-state index contributed by atoms with van der Waals surface area (Å²) in [5.41, 5.74) is 1.33. The third-order valence-corrected chi connectivity index (χ3v) is 5.03. The fourth-order valence-electron chi connectivity index (χ4n) is 3.45. The lowest BCUT2D eigenvalue weighted by molar-refractivity contribution is 0.215. The van der Waals surface area contributed by atoms with Crippen molar-refractivity contribution in [2.75, 3.05) is 31.1 Å². The first kappa shape index (κ1) is 12.5. The molecule has 0 bridgehead atoms. The van der Waals surface area contributed by atoms with E-state index in [2.05, 4.69) is 34.1 Å². The van der Waals surface area contributed by atoms with Crippen LogP contribution in [0.15, 0.2) is 24.3 Å². The van der Waals surface area contributed by atoms with E-state index in [1.807, 2.05) is 0 Å². The van der Waals surface area contributed by atoms with E-state index in [-0.39, 0.29) is 0 Å². The van der Waals surface area contributed by atoms with Gasteiger partial charge in [-0.1, -0.05) is 12.5 Å². The molecule has 1 aromatic rings. The molecule has 0 aromatic heterocycles. The predicted octanol–water partition coefficient (Wildman–Crippen LogP) is 2.90. The fourth-order valence-corrected chi connectivity index (χ4v) is 3.45. The molecule has 0 radical (unpaired) electrons. The lowest BCUT2D eigenvalue weighted by Crippen LogP contribution is -2.29. The number of hydrogen-bond donors (Lipinski definition) is 0. The van der Waals surface area contributed by atoms with Crippen LogP contribution in [0.25, 0.3) is 0 Å². The van der Waals surface area contributed by atoms with Gasteiger partial charge in [0.1, 0.15) is 12.4 Å². The fraction of sp³-hybridized carbons (Fsp3) is 0.647. The van der Waals surface area contributed by atoms with Gasteiger partial charge in [-0.15, -0.1) is 0 Å². The van der Waals surface area contributed by atoms with E-state index in [0.717, 1.165) is 18.4 Å². The van der Waals surface area contributed by atoms with E-state index >= 15 is 0 Å². The van der Waals surface area contributed by atoms with E-state index in [1.54, 1.807) is 0 Å². The second-order valence-electron chi connectivity index (χ2n) is 6.44. The molecule has 1 aliphatic carbocycles. The highest BCUT2D eigenvalue weighted by atomic mass is 16.5. The van der Waals surface area contributed by atoms with Crippen LogP contribution < -0.4 is 9.64 Å². The quantitative estimate of drug-likeness (QED) is 0.766. The molecule has 108 valence electrons. The standard InChI is InChI=1S/C17H24N2O/c1-2-10-18(9-1)15-7-4-8-17(11-15)20-13-16-12-19(16)14-5-3-6-14/h4,7-8,11,14,16H,1-3,5-6,9-10,12-13H2. The molecular formula is C17H24N2O. The number of benzene rings is 1. The topological polar surface area (TPSA) is 15.5 Å². The van der Waals surface area contributed by atoms with Crippen LogP contribution in [0, 0.1) is 0 Å². The van der Waals surface area contributed by atoms with Crippen LogP contribution in [0.5, 0.6) is 5.75 Å². The van der Waals surface area contributed by atoms with Gasteiger partial charge >= 0.3 is 0 Å². The minimum absolute atomic E-state index is 0.677. The van der Waals surface area contributed by atoms with Gasteiger partial charge in [0.05, 0.1) is 6.04 Å². The summed E-state index contributed by atoms with van der Waals surface area (Å²) in [6.45, 7) is 4.50. The van der Waals surface area contributed by atoms with E-state index in [0.29, 0.717) is 6.04 Å². The van der Waals surface area contributed by atoms with Crippen LogP contribution in [0.3, 0.4) is 0 Å². The zero-order valence-electron chi connectivity index (χ0n) is 12.1. The summed E-state index contributed by atoms with van der Waals surface area (Å²) in [5.74, 6) is 1.04. The molecule has 4 rings (SSSR count). The molecule has 0 N–H and O–H groups in total. The lowest BCUT2D eigenvalue weighted by atomic mass is 9.93. The smallest absolute Gasteiger partial charge is 0.121 e. The molecule has 3 heteroatoms. The van der Waals surface area contributed by atoms with Gasteiger partial charge in [0.2, 0.25) is 0 Å². The Bertz CT molecular complexity index is 466. The van der Waals surface area contributed by atoms with Crippen molar-refractivity contribution in [1.29, 1.82) is 0 Å². The molecule has 2 saturated heterocycles. The summed E-state index contributed by atoms with van der Waals surface area (Å²) in [6, 6.07) is 10.2. The Balaban J connectivity index is 1.31. The largest absolute Gasteiger partial charge is 0.492 e. The van der Waals surface area contributed by atoms with Gasteiger partial charge in [-0.25, -0.2) is 0 Å². The maximum atomic E-state index is 6.01. The zero-order chi connectivity index (χ0) is 13.4. The van der Waals surface area contributed by atoms with E-state index in [4.69, 9.17) is 4.74 Å². The van der Waals surface area contributed by atoms with Crippen LogP contribution in [0.1, 0.15) is 32.1 Å². The van der Waals surface area contributed by atoms with Gasteiger partial charge in [-0.2, -0.15) is 0 Å². The third-order valence-electron chi connectivity index (χ3n) is 5.03. The molecule has 2 heterocycles. The Labute approximate surface area is 121 Å². The van der Waals surface area contributed by atoms with E-state index < -0.39 is 0 Å². The molecule has 1 saturated carbocycles. The van der Waals surface area contributed by atoms with Crippen LogP contribution >= 0.6 is 0 Å². The summed E-state index contributed by atoms with van der Waals surface area (Å²) in [4.78, 5) is 5.07. The molecule has 3 aliphatic rings. The van der Waals surface area contributed by atoms with Gasteiger partial charge in [-0.3, -0.25) is 4.90 Å². The molecule has 0 spiro atoms. The summed E-state index contributed by atoms with van der Waals surface area (Å²) < 4.78 is 6.01. The van der Waals surface area contributed by atoms with Gasteiger partial charge in [-0.05, 0) is 37.8 Å². The maximum absolute atomic E-state index is 6.01. The maximum Gasteiger partial charge on any atom is 0.121 e. The van der Waals surface area contributed by atoms with E-state index in [9.17, 15) is 0 Å². The average Bonchev–Trinajstić information content (AvgIpc) is 2.95. The Morgan fingerprint density at radius 1 is 1.10 bits per heavy atom. The first-order chi connectivity index (χ1) is 9.90. The van der Waals surface area contributed by atoms with Crippen molar-refractivity contribution >= 4 is 5.69 Å². The highest BCUT2D eigenvalue weighted by Gasteiger charge is 2.42. The van der Waals surface area contributed by atoms with Crippen LogP contribution in [0.4, 0.5) is 5.69 Å². The minimum atomic E-state index is 0.677. The molecule has 2 atom stereocenters. The molecule has 3 fully saturated rings. The Morgan fingerprint density at radius 3 is 2.70 bits per heavy atom. The van der Waals surface area contributed by atoms with Gasteiger partial charge in [0.15, 0.2) is 0 Å². The summed E-state index contributed by atoms with van der Waals surface area (Å²) in [7, 11) is 0. The number of rotatable bonds is 5. The number of nitrogens with zero attached hydrogens (tertiary/aromatic N) is 2. The van der Waals surface area contributed by atoms with Gasteiger partial charge in [0, 0.05) is 37.4 Å². The molecular weight excluding hydrogens is 248 g/mol. The third kappa shape index (κ3) is 2.51. The molecule has 2 unspecified atom stereocenters. The highest BCUT2D eigenvalue weighted by molar-refractivity contribution is 5.51. The second kappa shape index (κ2) is 5.28. The number of anilines is 1. The van der Waals surface area contributed by atoms with Crippen molar-refractivity contribution in [3.05, 3.63) is 24.3 Å². The highest BCUT2D eigenvalue weighted by Crippen LogP contribution is 2.34. The number of hydrogen-bond acceptors (Lipinski definition) is 3. The zero-order valence-corrected chi connectivity index (χ0v) is 12.1. The molecule has 1 aromatic carbocycles. The molecule has 0 amide bonds. The van der Waals surface area contributed by atoms with Crippen molar-refractivity contribution in [2.24, 2.45) is 0 Å². The second-order valence-corrected chi connectivity index (χ2v) is 6.44. The van der Waals surface area contributed by atoms with E-state index in [1.165, 1.54) is 57.4 Å². The Hall–Kier alpha value is -1.22. The van der Waals surface area contributed by atoms with Crippen molar-refractivity contribution in [3.63, 3.8) is 0 Å². The predicted molar refractivity (Wildman–Crippen MR) is 81.5 cm³/mol. The van der Waals surface area contributed by atoms with Crippen molar-refractivity contribution in [1.82, 2.24) is 4.90 Å². The van der Waals surface area contributed by atoms with Crippen LogP contribution in [-0.2, 0) is 0 Å². The molecule has 20 heavy (non-hydrogen) atoms. The SMILES string of the molecule is c1cc(OCC2CN2C2CCC2)cc(N2CCCC2)c1. The molecule has 2 aliphatic heterocycles. The summed E-state index contributed by atoms with van der Waals surface area (Å²) in [6.07, 6.45) is 6.88. The minimum Gasteiger partial charge on any atom is -0.492 e. The number of ether oxygens (including phenoxy) is 1. The lowest BCUT2D eigenvalue weighted by Gasteiger charge is -2.27. The van der Waals surface area contributed by atoms with Crippen molar-refractivity contribution in [2.45, 2.75) is 44.2 Å². The normalized spacial score (nSPS) is 29.3.